The first-order chi connectivity index (χ1) is 11.3. The van der Waals surface area contributed by atoms with Crippen molar-refractivity contribution >= 4 is 18.8 Å². The Morgan fingerprint density at radius 3 is 2.17 bits per heavy atom. The van der Waals surface area contributed by atoms with E-state index in [-0.39, 0.29) is 0 Å². The second kappa shape index (κ2) is 5.94. The van der Waals surface area contributed by atoms with Crippen LogP contribution in [0.25, 0.3) is 28.6 Å². The molecule has 0 amide bonds. The van der Waals surface area contributed by atoms with Gasteiger partial charge in [0.05, 0.1) is 0 Å². The third-order valence-corrected chi connectivity index (χ3v) is 4.79. The summed E-state index contributed by atoms with van der Waals surface area (Å²) in [5, 5.41) is 0. The number of imidazole rings is 2. The van der Waals surface area contributed by atoms with E-state index in [1.54, 1.807) is 0 Å². The third-order valence-electron chi connectivity index (χ3n) is 3.72. The molecule has 2 aromatic heterocycles. The maximum atomic E-state index is 4.86. The molecule has 0 aliphatic carbocycles. The molecule has 0 aliphatic heterocycles. The van der Waals surface area contributed by atoms with Gasteiger partial charge in [0.25, 0.3) is 0 Å². The van der Waals surface area contributed by atoms with E-state index in [4.69, 9.17) is 4.98 Å². The summed E-state index contributed by atoms with van der Waals surface area (Å²) in [5.74, 6) is 1.84. The Balaban J connectivity index is 1.93. The van der Waals surface area contributed by atoms with Crippen molar-refractivity contribution in [2.75, 3.05) is 0 Å². The van der Waals surface area contributed by atoms with Crippen LogP contribution in [0.1, 0.15) is 0 Å². The average Bonchev–Trinajstić information content (AvgIpc) is 3.22. The van der Waals surface area contributed by atoms with Crippen molar-refractivity contribution < 1.29 is 0 Å². The fourth-order valence-electron chi connectivity index (χ4n) is 2.61. The monoisotopic (exact) mass is 355 g/mol. The standard InChI is InChI=1S/C18H13N4.Ga.H/c1-3-7-14(8-4-1)18-21-16(17-19-11-12-20-17)13-22(18)15-9-5-2-6-10-15;;/h1-13H;;/q-1;+1;. The number of benzene rings is 2. The molecule has 0 unspecified atom stereocenters. The van der Waals surface area contributed by atoms with Crippen LogP contribution in [0.15, 0.2) is 79.3 Å². The van der Waals surface area contributed by atoms with E-state index in [1.807, 2.05) is 48.8 Å². The molecule has 0 bridgehead atoms. The minimum atomic E-state index is 0.893. The van der Waals surface area contributed by atoms with Gasteiger partial charge in [-0.25, -0.2) is 0 Å². The van der Waals surface area contributed by atoms with E-state index in [0.717, 1.165) is 47.4 Å². The number of nitrogens with zero attached hydrogens (tertiary/aromatic N) is 4. The molecule has 0 aliphatic rings. The summed E-state index contributed by atoms with van der Waals surface area (Å²) in [5.41, 5.74) is 3.08. The molecule has 2 aromatic carbocycles. The van der Waals surface area contributed by atoms with Crippen LogP contribution < -0.4 is 0 Å². The zero-order chi connectivity index (χ0) is 15.6. The van der Waals surface area contributed by atoms with Crippen LogP contribution in [-0.2, 0) is 0 Å². The molecular formula is C18H14GaN4. The fourth-order valence-corrected chi connectivity index (χ4v) is 3.32. The van der Waals surface area contributed by atoms with E-state index >= 15 is 0 Å². The number of hydrogen-bond acceptors (Lipinski definition) is 2. The van der Waals surface area contributed by atoms with E-state index in [0.29, 0.717) is 0 Å². The summed E-state index contributed by atoms with van der Waals surface area (Å²) >= 11 is 0.994. The number of hydrogen-bond donors (Lipinski definition) is 0. The van der Waals surface area contributed by atoms with E-state index in [9.17, 15) is 0 Å². The first-order valence-electron chi connectivity index (χ1n) is 7.38. The van der Waals surface area contributed by atoms with Crippen LogP contribution in [0.4, 0.5) is 0 Å². The summed E-state index contributed by atoms with van der Waals surface area (Å²) in [6.45, 7) is 0. The first-order valence-corrected chi connectivity index (χ1v) is 8.70. The Labute approximate surface area is 144 Å². The van der Waals surface area contributed by atoms with Gasteiger partial charge in [-0.05, 0) is 0 Å². The van der Waals surface area contributed by atoms with Crippen molar-refractivity contribution in [3.8, 4) is 28.6 Å². The molecule has 109 valence electrons. The maximum absolute atomic E-state index is 4.86. The molecule has 0 N–H and O–H groups in total. The summed E-state index contributed by atoms with van der Waals surface area (Å²) in [6, 6.07) is 20.5. The van der Waals surface area contributed by atoms with Crippen molar-refractivity contribution in [2.24, 2.45) is 0 Å². The van der Waals surface area contributed by atoms with Crippen LogP contribution in [-0.4, -0.2) is 36.6 Å². The first kappa shape index (κ1) is 14.1. The fraction of sp³-hybridized carbons (Fsp3) is 0. The van der Waals surface area contributed by atoms with E-state index < -0.39 is 0 Å². The quantitative estimate of drug-likeness (QED) is 0.529. The van der Waals surface area contributed by atoms with Crippen molar-refractivity contribution in [1.82, 2.24) is 17.8 Å². The van der Waals surface area contributed by atoms with Gasteiger partial charge < -0.3 is 0 Å². The number of para-hydroxylation sites is 1. The summed E-state index contributed by atoms with van der Waals surface area (Å²) in [6.07, 6.45) is 5.87. The molecule has 4 aromatic rings. The van der Waals surface area contributed by atoms with Crippen LogP contribution >= 0.6 is 0 Å². The van der Waals surface area contributed by atoms with Gasteiger partial charge in [0.15, 0.2) is 0 Å². The van der Waals surface area contributed by atoms with Crippen molar-refractivity contribution in [3.63, 3.8) is 0 Å². The topological polar surface area (TPSA) is 35.6 Å². The Bertz CT molecular complexity index is 869. The van der Waals surface area contributed by atoms with Gasteiger partial charge in [0.1, 0.15) is 0 Å². The normalized spacial score (nSPS) is 10.8. The Kier molecular flexibility index (Phi) is 3.65. The van der Waals surface area contributed by atoms with Crippen molar-refractivity contribution in [3.05, 3.63) is 79.3 Å². The molecule has 0 fully saturated rings. The zero-order valence-corrected chi connectivity index (χ0v) is 15.5. The van der Waals surface area contributed by atoms with Gasteiger partial charge >= 0.3 is 144 Å². The Hall–Kier alpha value is -2.50. The molecule has 4 nitrogen and oxygen atoms in total. The van der Waals surface area contributed by atoms with Crippen molar-refractivity contribution in [1.29, 1.82) is 0 Å². The third kappa shape index (κ3) is 2.65. The Morgan fingerprint density at radius 1 is 0.826 bits per heavy atom. The molecule has 0 saturated heterocycles. The van der Waals surface area contributed by atoms with E-state index in [1.165, 1.54) is 0 Å². The second-order valence-corrected chi connectivity index (χ2v) is 6.67. The SMILES string of the molecule is [GaH][n]1ccnc1-c1cn(-c2ccccc2)c(-c2ccccc2)n1. The van der Waals surface area contributed by atoms with Crippen LogP contribution in [0.3, 0.4) is 0 Å². The van der Waals surface area contributed by atoms with Crippen LogP contribution in [0.2, 0.25) is 0 Å². The molecule has 1 radical (unpaired) electrons. The van der Waals surface area contributed by atoms with Gasteiger partial charge in [0, 0.05) is 0 Å². The molecule has 4 rings (SSSR count). The average molecular weight is 356 g/mol. The molecule has 5 heteroatoms. The molecule has 0 atom stereocenters. The summed E-state index contributed by atoms with van der Waals surface area (Å²) in [7, 11) is 0. The number of rotatable bonds is 3. The van der Waals surface area contributed by atoms with Crippen LogP contribution in [0.5, 0.6) is 0 Å². The molecule has 0 saturated carbocycles. The second-order valence-electron chi connectivity index (χ2n) is 5.24. The van der Waals surface area contributed by atoms with Gasteiger partial charge in [-0.3, -0.25) is 0 Å². The van der Waals surface area contributed by atoms with Gasteiger partial charge in [-0.15, -0.1) is 0 Å². The summed E-state index contributed by atoms with van der Waals surface area (Å²) in [4.78, 5) is 9.31. The predicted octanol–water partition coefficient (Wildman–Crippen LogP) is 3.07. The molecule has 23 heavy (non-hydrogen) atoms. The Morgan fingerprint density at radius 2 is 1.52 bits per heavy atom. The summed E-state index contributed by atoms with van der Waals surface area (Å²) < 4.78 is 4.23. The van der Waals surface area contributed by atoms with Crippen molar-refractivity contribution in [2.45, 2.75) is 0 Å². The molecular weight excluding hydrogens is 342 g/mol. The predicted molar refractivity (Wildman–Crippen MR) is 92.8 cm³/mol. The van der Waals surface area contributed by atoms with Crippen LogP contribution in [0, 0.1) is 0 Å². The minimum absolute atomic E-state index is 0.893. The van der Waals surface area contributed by atoms with Gasteiger partial charge in [-0.2, -0.15) is 0 Å². The molecule has 2 heterocycles. The number of aromatic nitrogens is 4. The van der Waals surface area contributed by atoms with Gasteiger partial charge in [-0.1, -0.05) is 0 Å². The van der Waals surface area contributed by atoms with E-state index in [2.05, 4.69) is 43.3 Å². The zero-order valence-electron chi connectivity index (χ0n) is 12.5. The van der Waals surface area contributed by atoms with Gasteiger partial charge in [0.2, 0.25) is 0 Å². The molecule has 0 spiro atoms.